The first-order chi connectivity index (χ1) is 17.9. The second kappa shape index (κ2) is 8.93. The van der Waals surface area contributed by atoms with Crippen LogP contribution in [-0.2, 0) is 15.9 Å². The first-order valence-corrected chi connectivity index (χ1v) is 13.8. The van der Waals surface area contributed by atoms with Crippen LogP contribution in [0.2, 0.25) is 5.15 Å². The lowest BCUT2D eigenvalue weighted by Crippen LogP contribution is -2.27. The van der Waals surface area contributed by atoms with E-state index in [0.717, 1.165) is 41.6 Å². The predicted molar refractivity (Wildman–Crippen MR) is 145 cm³/mol. The average molecular weight is 518 g/mol. The van der Waals surface area contributed by atoms with Gasteiger partial charge in [-0.2, -0.15) is 0 Å². The highest BCUT2D eigenvalue weighted by atomic mass is 35.5. The van der Waals surface area contributed by atoms with Gasteiger partial charge in [0.2, 0.25) is 0 Å². The van der Waals surface area contributed by atoms with Crippen molar-refractivity contribution in [1.29, 1.82) is 0 Å². The summed E-state index contributed by atoms with van der Waals surface area (Å²) in [5, 5.41) is 6.11. The van der Waals surface area contributed by atoms with Crippen LogP contribution in [0.1, 0.15) is 57.6 Å². The molecule has 3 aromatic heterocycles. The van der Waals surface area contributed by atoms with Gasteiger partial charge in [-0.3, -0.25) is 0 Å². The number of hydrogen-bond donors (Lipinski definition) is 1. The lowest BCUT2D eigenvalue weighted by atomic mass is 9.93. The van der Waals surface area contributed by atoms with Crippen molar-refractivity contribution in [2.24, 2.45) is 5.92 Å². The minimum absolute atomic E-state index is 0.0252. The zero-order valence-corrected chi connectivity index (χ0v) is 22.0. The Kier molecular flexibility index (Phi) is 5.64. The molecule has 1 aromatic carbocycles. The highest BCUT2D eigenvalue weighted by molar-refractivity contribution is 6.33. The van der Waals surface area contributed by atoms with E-state index in [0.29, 0.717) is 17.1 Å². The number of aromatic nitrogens is 4. The Labute approximate surface area is 221 Å². The largest absolute Gasteiger partial charge is 0.367 e. The molecule has 2 saturated carbocycles. The summed E-state index contributed by atoms with van der Waals surface area (Å²) >= 11 is 6.34. The normalized spacial score (nSPS) is 27.0. The Hall–Kier alpha value is -2.74. The molecule has 1 saturated heterocycles. The highest BCUT2D eigenvalue weighted by Gasteiger charge is 2.54. The number of rotatable bonds is 6. The van der Waals surface area contributed by atoms with E-state index in [4.69, 9.17) is 26.1 Å². The molecule has 4 atom stereocenters. The molecule has 4 aromatic rings. The van der Waals surface area contributed by atoms with Crippen molar-refractivity contribution >= 4 is 39.4 Å². The van der Waals surface area contributed by atoms with Crippen LogP contribution in [0.5, 0.6) is 0 Å². The van der Waals surface area contributed by atoms with Crippen molar-refractivity contribution in [3.05, 3.63) is 59.6 Å². The van der Waals surface area contributed by atoms with E-state index in [-0.39, 0.29) is 18.2 Å². The average Bonchev–Trinajstić information content (AvgIpc) is 3.51. The molecule has 4 heterocycles. The van der Waals surface area contributed by atoms with E-state index >= 15 is 0 Å². The van der Waals surface area contributed by atoms with Crippen molar-refractivity contribution in [3.8, 4) is 0 Å². The summed E-state index contributed by atoms with van der Waals surface area (Å²) in [5.41, 5.74) is 3.22. The van der Waals surface area contributed by atoms with Gasteiger partial charge < -0.3 is 19.4 Å². The quantitative estimate of drug-likeness (QED) is 0.302. The number of pyridine rings is 1. The number of nitrogens with zero attached hydrogens (tertiary/aromatic N) is 4. The first-order valence-electron chi connectivity index (χ1n) is 13.4. The van der Waals surface area contributed by atoms with Gasteiger partial charge in [0, 0.05) is 17.6 Å². The second-order valence-corrected chi connectivity index (χ2v) is 11.6. The maximum absolute atomic E-state index is 6.46. The minimum atomic E-state index is -0.599. The summed E-state index contributed by atoms with van der Waals surface area (Å²) in [6.07, 6.45) is 10.4. The van der Waals surface area contributed by atoms with Gasteiger partial charge in [0.05, 0.1) is 23.0 Å². The second-order valence-electron chi connectivity index (χ2n) is 11.3. The van der Waals surface area contributed by atoms with Crippen LogP contribution in [0.4, 0.5) is 5.82 Å². The molecule has 0 unspecified atom stereocenters. The van der Waals surface area contributed by atoms with Gasteiger partial charge in [0.25, 0.3) is 0 Å². The molecule has 7 rings (SSSR count). The summed E-state index contributed by atoms with van der Waals surface area (Å²) in [6, 6.07) is 13.7. The maximum Gasteiger partial charge on any atom is 0.163 e. The van der Waals surface area contributed by atoms with Crippen LogP contribution in [0.3, 0.4) is 0 Å². The Morgan fingerprint density at radius 3 is 2.76 bits per heavy atom. The molecule has 0 spiro atoms. The topological polar surface area (TPSA) is 74.1 Å². The number of anilines is 1. The Morgan fingerprint density at radius 2 is 1.92 bits per heavy atom. The third-order valence-electron chi connectivity index (χ3n) is 8.39. The summed E-state index contributed by atoms with van der Waals surface area (Å²) < 4.78 is 15.1. The van der Waals surface area contributed by atoms with Gasteiger partial charge in [-0.1, -0.05) is 23.7 Å². The number of benzene rings is 1. The highest BCUT2D eigenvalue weighted by Crippen LogP contribution is 2.49. The lowest BCUT2D eigenvalue weighted by molar-refractivity contribution is -0.160. The fourth-order valence-electron chi connectivity index (χ4n) is 6.33. The van der Waals surface area contributed by atoms with Crippen molar-refractivity contribution in [3.63, 3.8) is 0 Å². The molecule has 3 fully saturated rings. The standard InChI is InChI=1S/C29H32ClN5O2/c1-29(2)36-25-19(15-23(26(25)37-29)35-13-12-21-27(30)31-16-32-28(21)35)9-7-17-6-8-18-10-11-24(34-22(18)14-17)33-20-4-3-5-20/h6,8,10-14,16,19-20,23,25-26H,3-5,7,9,15H2,1-2H3,(H,33,34)/t19-,23+,25+,26-/m0/s1. The van der Waals surface area contributed by atoms with Gasteiger partial charge in [0.1, 0.15) is 29.0 Å². The maximum atomic E-state index is 6.46. The van der Waals surface area contributed by atoms with Gasteiger partial charge in [0.15, 0.2) is 5.79 Å². The summed E-state index contributed by atoms with van der Waals surface area (Å²) in [6.45, 7) is 4.02. The number of ether oxygens (including phenoxy) is 2. The van der Waals surface area contributed by atoms with Gasteiger partial charge in [-0.05, 0) is 88.1 Å². The van der Waals surface area contributed by atoms with E-state index in [1.54, 1.807) is 0 Å². The summed E-state index contributed by atoms with van der Waals surface area (Å²) in [4.78, 5) is 13.6. The molecule has 1 N–H and O–H groups in total. The first kappa shape index (κ1) is 23.4. The molecule has 0 radical (unpaired) electrons. The fraction of sp³-hybridized carbons (Fsp3) is 0.483. The minimum Gasteiger partial charge on any atom is -0.367 e. The van der Waals surface area contributed by atoms with Crippen LogP contribution in [0.25, 0.3) is 21.9 Å². The third kappa shape index (κ3) is 4.27. The van der Waals surface area contributed by atoms with Crippen molar-refractivity contribution in [2.45, 2.75) is 82.5 Å². The van der Waals surface area contributed by atoms with E-state index in [9.17, 15) is 0 Å². The van der Waals surface area contributed by atoms with E-state index < -0.39 is 5.79 Å². The van der Waals surface area contributed by atoms with Crippen LogP contribution in [0, 0.1) is 5.92 Å². The van der Waals surface area contributed by atoms with Crippen LogP contribution >= 0.6 is 11.6 Å². The molecule has 7 nitrogen and oxygen atoms in total. The van der Waals surface area contributed by atoms with E-state index in [2.05, 4.69) is 56.4 Å². The monoisotopic (exact) mass is 517 g/mol. The molecule has 192 valence electrons. The van der Waals surface area contributed by atoms with Crippen molar-refractivity contribution in [2.75, 3.05) is 5.32 Å². The molecule has 3 aliphatic rings. The molecule has 37 heavy (non-hydrogen) atoms. The third-order valence-corrected chi connectivity index (χ3v) is 8.69. The zero-order valence-electron chi connectivity index (χ0n) is 21.2. The van der Waals surface area contributed by atoms with E-state index in [1.165, 1.54) is 36.5 Å². The fourth-order valence-corrected chi connectivity index (χ4v) is 6.52. The van der Waals surface area contributed by atoms with Crippen LogP contribution in [0.15, 0.2) is 48.9 Å². The number of hydrogen-bond acceptors (Lipinski definition) is 6. The number of halogens is 1. The molecule has 1 aliphatic heterocycles. The summed E-state index contributed by atoms with van der Waals surface area (Å²) in [5.74, 6) is 0.762. The zero-order chi connectivity index (χ0) is 25.1. The molecule has 8 heteroatoms. The van der Waals surface area contributed by atoms with Gasteiger partial charge >= 0.3 is 0 Å². The van der Waals surface area contributed by atoms with Crippen molar-refractivity contribution < 1.29 is 9.47 Å². The van der Waals surface area contributed by atoms with Crippen molar-refractivity contribution in [1.82, 2.24) is 19.5 Å². The number of fused-ring (bicyclic) bond motifs is 3. The van der Waals surface area contributed by atoms with Gasteiger partial charge in [-0.15, -0.1) is 0 Å². The Morgan fingerprint density at radius 1 is 1.08 bits per heavy atom. The molecular formula is C29H32ClN5O2. The summed E-state index contributed by atoms with van der Waals surface area (Å²) in [7, 11) is 0. The lowest BCUT2D eigenvalue weighted by Gasteiger charge is -2.27. The van der Waals surface area contributed by atoms with E-state index in [1.807, 2.05) is 19.9 Å². The molecule has 2 aliphatic carbocycles. The Bertz CT molecular complexity index is 1470. The number of nitrogens with one attached hydrogen (secondary N) is 1. The smallest absolute Gasteiger partial charge is 0.163 e. The van der Waals surface area contributed by atoms with Crippen LogP contribution in [-0.4, -0.2) is 43.6 Å². The Balaban J connectivity index is 1.12. The van der Waals surface area contributed by atoms with Gasteiger partial charge in [-0.25, -0.2) is 15.0 Å². The number of aryl methyl sites for hydroxylation is 1. The molecular weight excluding hydrogens is 486 g/mol. The SMILES string of the molecule is CC1(C)O[C@@H]2[C@@H](CCc3ccc4ccc(NC5CCC5)nc4c3)C[C@@H](n3ccc4c(Cl)ncnc43)[C@@H]2O1. The molecule has 0 bridgehead atoms. The van der Waals surface area contributed by atoms with Crippen LogP contribution < -0.4 is 5.32 Å². The molecule has 0 amide bonds. The predicted octanol–water partition coefficient (Wildman–Crippen LogP) is 6.31.